The molecule has 0 aliphatic carbocycles. The Morgan fingerprint density at radius 2 is 1.89 bits per heavy atom. The van der Waals surface area contributed by atoms with Crippen LogP contribution in [0.15, 0.2) is 11.2 Å². The summed E-state index contributed by atoms with van der Waals surface area (Å²) >= 11 is 12.2. The van der Waals surface area contributed by atoms with Crippen molar-refractivity contribution in [3.05, 3.63) is 11.2 Å². The van der Waals surface area contributed by atoms with Gasteiger partial charge in [-0.05, 0) is 25.7 Å². The molecular formula is C11H15Cl2N3O2S. The van der Waals surface area contributed by atoms with E-state index >= 15 is 0 Å². The number of fused-ring (bicyclic) bond motifs is 2. The standard InChI is InChI=1S/C11H15Cl2N3O2S/c1-15-11(10(13)6-14-15)19(17,18)16-8-2-3-9(16)5-7(12)4-8/h6-9H,2-5H2,1H3. The molecule has 1 aromatic rings. The second-order valence-corrected chi connectivity index (χ2v) is 7.99. The molecule has 2 bridgehead atoms. The average Bonchev–Trinajstić information content (AvgIpc) is 2.79. The van der Waals surface area contributed by atoms with E-state index in [2.05, 4.69) is 5.10 Å². The fourth-order valence-electron chi connectivity index (χ4n) is 3.25. The minimum absolute atomic E-state index is 0.00258. The number of hydrogen-bond donors (Lipinski definition) is 0. The molecule has 19 heavy (non-hydrogen) atoms. The first kappa shape index (κ1) is 13.7. The SMILES string of the molecule is Cn1ncc(Cl)c1S(=O)(=O)N1C2CCC1CC(Cl)C2. The zero-order valence-corrected chi connectivity index (χ0v) is 12.8. The summed E-state index contributed by atoms with van der Waals surface area (Å²) in [6.45, 7) is 0. The Bertz CT molecular complexity index is 568. The van der Waals surface area contributed by atoms with Gasteiger partial charge in [-0.3, -0.25) is 4.68 Å². The molecule has 2 atom stereocenters. The van der Waals surface area contributed by atoms with Crippen LogP contribution in [0.2, 0.25) is 5.02 Å². The number of nitrogens with zero attached hydrogens (tertiary/aromatic N) is 3. The molecule has 0 saturated carbocycles. The van der Waals surface area contributed by atoms with Crippen molar-refractivity contribution in [2.24, 2.45) is 7.05 Å². The van der Waals surface area contributed by atoms with Crippen LogP contribution < -0.4 is 0 Å². The van der Waals surface area contributed by atoms with Crippen molar-refractivity contribution in [3.8, 4) is 0 Å². The maximum atomic E-state index is 12.8. The fourth-order valence-corrected chi connectivity index (χ4v) is 6.17. The monoisotopic (exact) mass is 323 g/mol. The molecule has 8 heteroatoms. The van der Waals surface area contributed by atoms with Crippen LogP contribution >= 0.6 is 23.2 Å². The molecule has 3 heterocycles. The highest BCUT2D eigenvalue weighted by atomic mass is 35.5. The number of hydrogen-bond acceptors (Lipinski definition) is 3. The molecule has 2 fully saturated rings. The van der Waals surface area contributed by atoms with E-state index in [1.807, 2.05) is 0 Å². The number of aryl methyl sites for hydroxylation is 1. The predicted molar refractivity (Wildman–Crippen MR) is 72.9 cm³/mol. The van der Waals surface area contributed by atoms with Gasteiger partial charge in [0.25, 0.3) is 10.0 Å². The molecule has 5 nitrogen and oxygen atoms in total. The van der Waals surface area contributed by atoms with E-state index in [1.165, 1.54) is 10.9 Å². The quantitative estimate of drug-likeness (QED) is 0.782. The van der Waals surface area contributed by atoms with Gasteiger partial charge in [0, 0.05) is 24.5 Å². The molecule has 0 radical (unpaired) electrons. The first-order valence-corrected chi connectivity index (χ1v) is 8.52. The van der Waals surface area contributed by atoms with E-state index < -0.39 is 10.0 Å². The second-order valence-electron chi connectivity index (χ2n) is 5.21. The van der Waals surface area contributed by atoms with Gasteiger partial charge in [0.05, 0.1) is 11.2 Å². The molecule has 2 unspecified atom stereocenters. The molecule has 1 aromatic heterocycles. The molecule has 2 saturated heterocycles. The third-order valence-corrected chi connectivity index (χ3v) is 6.84. The molecule has 0 N–H and O–H groups in total. The first-order chi connectivity index (χ1) is 8.91. The van der Waals surface area contributed by atoms with E-state index in [0.717, 1.165) is 12.8 Å². The maximum absolute atomic E-state index is 12.8. The van der Waals surface area contributed by atoms with Crippen molar-refractivity contribution >= 4 is 33.2 Å². The first-order valence-electron chi connectivity index (χ1n) is 6.26. The lowest BCUT2D eigenvalue weighted by atomic mass is 10.1. The summed E-state index contributed by atoms with van der Waals surface area (Å²) in [7, 11) is -2.00. The lowest BCUT2D eigenvalue weighted by molar-refractivity contribution is 0.249. The zero-order chi connectivity index (χ0) is 13.8. The van der Waals surface area contributed by atoms with Gasteiger partial charge in [0.2, 0.25) is 0 Å². The Morgan fingerprint density at radius 1 is 1.32 bits per heavy atom. The van der Waals surface area contributed by atoms with Gasteiger partial charge < -0.3 is 0 Å². The van der Waals surface area contributed by atoms with Gasteiger partial charge in [-0.1, -0.05) is 11.6 Å². The minimum atomic E-state index is -3.60. The van der Waals surface area contributed by atoms with Crippen molar-refractivity contribution < 1.29 is 8.42 Å². The third-order valence-electron chi connectivity index (χ3n) is 3.97. The van der Waals surface area contributed by atoms with E-state index in [9.17, 15) is 8.42 Å². The second kappa shape index (κ2) is 4.62. The van der Waals surface area contributed by atoms with Crippen LogP contribution in [0.5, 0.6) is 0 Å². The van der Waals surface area contributed by atoms with Crippen molar-refractivity contribution in [3.63, 3.8) is 0 Å². The van der Waals surface area contributed by atoms with Gasteiger partial charge in [-0.15, -0.1) is 11.6 Å². The number of rotatable bonds is 2. The van der Waals surface area contributed by atoms with Gasteiger partial charge in [0.15, 0.2) is 5.03 Å². The number of aromatic nitrogens is 2. The van der Waals surface area contributed by atoms with Gasteiger partial charge in [-0.2, -0.15) is 9.40 Å². The fraction of sp³-hybridized carbons (Fsp3) is 0.727. The Kier molecular flexibility index (Phi) is 3.32. The molecule has 2 aliphatic rings. The number of alkyl halides is 1. The molecule has 3 rings (SSSR count). The molecule has 0 aromatic carbocycles. The molecule has 0 spiro atoms. The highest BCUT2D eigenvalue weighted by Gasteiger charge is 2.48. The van der Waals surface area contributed by atoms with Crippen molar-refractivity contribution in [2.75, 3.05) is 0 Å². The van der Waals surface area contributed by atoms with Gasteiger partial charge in [-0.25, -0.2) is 8.42 Å². The normalized spacial score (nSPS) is 31.8. The maximum Gasteiger partial charge on any atom is 0.262 e. The summed E-state index contributed by atoms with van der Waals surface area (Å²) in [5.74, 6) is 0. The van der Waals surface area contributed by atoms with Crippen LogP contribution in [0.1, 0.15) is 25.7 Å². The third kappa shape index (κ3) is 2.09. The molecule has 2 aliphatic heterocycles. The Labute approximate surface area is 122 Å². The summed E-state index contributed by atoms with van der Waals surface area (Å²) in [6.07, 6.45) is 4.55. The van der Waals surface area contributed by atoms with Crippen molar-refractivity contribution in [1.82, 2.24) is 14.1 Å². The van der Waals surface area contributed by atoms with E-state index in [4.69, 9.17) is 23.2 Å². The summed E-state index contributed by atoms with van der Waals surface area (Å²) in [4.78, 5) is 0. The molecular weight excluding hydrogens is 309 g/mol. The number of piperidine rings is 1. The van der Waals surface area contributed by atoms with Crippen LogP contribution in [-0.4, -0.2) is 40.0 Å². The highest BCUT2D eigenvalue weighted by molar-refractivity contribution is 7.89. The van der Waals surface area contributed by atoms with Crippen LogP contribution in [0, 0.1) is 0 Å². The van der Waals surface area contributed by atoms with E-state index in [1.54, 1.807) is 11.4 Å². The summed E-state index contributed by atoms with van der Waals surface area (Å²) in [6, 6.07) is -0.00515. The minimum Gasteiger partial charge on any atom is -0.255 e. The van der Waals surface area contributed by atoms with Gasteiger partial charge in [0.1, 0.15) is 0 Å². The van der Waals surface area contributed by atoms with Crippen molar-refractivity contribution in [2.45, 2.75) is 48.2 Å². The van der Waals surface area contributed by atoms with Crippen LogP contribution in [0.3, 0.4) is 0 Å². The lowest BCUT2D eigenvalue weighted by Gasteiger charge is -2.35. The lowest BCUT2D eigenvalue weighted by Crippen LogP contribution is -2.47. The largest absolute Gasteiger partial charge is 0.262 e. The summed E-state index contributed by atoms with van der Waals surface area (Å²) in [5.41, 5.74) is 0. The zero-order valence-electron chi connectivity index (χ0n) is 10.5. The predicted octanol–water partition coefficient (Wildman–Crippen LogP) is 2.00. The Hall–Kier alpha value is -0.300. The van der Waals surface area contributed by atoms with Crippen LogP contribution in [0.25, 0.3) is 0 Å². The van der Waals surface area contributed by atoms with E-state index in [-0.39, 0.29) is 27.5 Å². The smallest absolute Gasteiger partial charge is 0.255 e. The van der Waals surface area contributed by atoms with E-state index in [0.29, 0.717) is 12.8 Å². The van der Waals surface area contributed by atoms with Crippen LogP contribution in [0.4, 0.5) is 0 Å². The number of sulfonamides is 1. The van der Waals surface area contributed by atoms with Crippen molar-refractivity contribution in [1.29, 1.82) is 0 Å². The summed E-state index contributed by atoms with van der Waals surface area (Å²) < 4.78 is 28.5. The Balaban J connectivity index is 2.03. The summed E-state index contributed by atoms with van der Waals surface area (Å²) in [5, 5.41) is 4.25. The topological polar surface area (TPSA) is 55.2 Å². The molecule has 106 valence electrons. The Morgan fingerprint density at radius 3 is 2.37 bits per heavy atom. The number of halogens is 2. The average molecular weight is 324 g/mol. The van der Waals surface area contributed by atoms with Crippen LogP contribution in [-0.2, 0) is 17.1 Å². The highest BCUT2D eigenvalue weighted by Crippen LogP contribution is 2.42. The van der Waals surface area contributed by atoms with Gasteiger partial charge >= 0.3 is 0 Å². The molecule has 0 amide bonds.